The lowest BCUT2D eigenvalue weighted by Crippen LogP contribution is -2.59. The first-order chi connectivity index (χ1) is 17.4. The van der Waals surface area contributed by atoms with Crippen molar-refractivity contribution in [2.45, 2.75) is 58.3 Å². The van der Waals surface area contributed by atoms with E-state index in [2.05, 4.69) is 58.7 Å². The molecule has 0 radical (unpaired) electrons. The lowest BCUT2D eigenvalue weighted by Gasteiger charge is -2.49. The summed E-state index contributed by atoms with van der Waals surface area (Å²) in [5.74, 6) is 0. The molecule has 1 aliphatic rings. The van der Waals surface area contributed by atoms with E-state index in [1.165, 1.54) is 5.56 Å². The van der Waals surface area contributed by atoms with Crippen molar-refractivity contribution < 1.29 is 4.74 Å². The van der Waals surface area contributed by atoms with E-state index in [9.17, 15) is 4.79 Å². The number of rotatable bonds is 7. The van der Waals surface area contributed by atoms with Crippen LogP contribution in [0.25, 0.3) is 16.7 Å². The Bertz CT molecular complexity index is 1430. The van der Waals surface area contributed by atoms with Gasteiger partial charge in [0.1, 0.15) is 0 Å². The van der Waals surface area contributed by atoms with E-state index >= 15 is 0 Å². The van der Waals surface area contributed by atoms with Crippen LogP contribution in [-0.2, 0) is 18.4 Å². The maximum Gasteiger partial charge on any atom is 0.267 e. The van der Waals surface area contributed by atoms with Crippen LogP contribution in [0.2, 0.25) is 0 Å². The normalized spacial score (nSPS) is 19.9. The molecule has 36 heavy (non-hydrogen) atoms. The number of hydrogen-bond acceptors (Lipinski definition) is 7. The Morgan fingerprint density at radius 1 is 1.06 bits per heavy atom. The zero-order chi connectivity index (χ0) is 25.4. The van der Waals surface area contributed by atoms with Gasteiger partial charge in [-0.15, -0.1) is 0 Å². The van der Waals surface area contributed by atoms with Crippen LogP contribution < -0.4 is 10.5 Å². The molecular formula is C27H35N7O2. The Morgan fingerprint density at radius 3 is 2.53 bits per heavy atom. The van der Waals surface area contributed by atoms with E-state index in [1.54, 1.807) is 37.3 Å². The van der Waals surface area contributed by atoms with Gasteiger partial charge in [0, 0.05) is 63.8 Å². The third-order valence-electron chi connectivity index (χ3n) is 7.63. The van der Waals surface area contributed by atoms with Crippen molar-refractivity contribution in [3.63, 3.8) is 0 Å². The number of hydrogen-bond donors (Lipinski definition) is 0. The fourth-order valence-electron chi connectivity index (χ4n) is 5.52. The van der Waals surface area contributed by atoms with E-state index in [0.29, 0.717) is 12.6 Å². The van der Waals surface area contributed by atoms with Crippen molar-refractivity contribution in [2.75, 3.05) is 25.1 Å². The number of ether oxygens (including phenoxy) is 1. The Hall–Kier alpha value is -3.30. The van der Waals surface area contributed by atoms with Crippen molar-refractivity contribution >= 4 is 22.4 Å². The minimum atomic E-state index is -0.0464. The highest BCUT2D eigenvalue weighted by atomic mass is 16.5. The van der Waals surface area contributed by atoms with Crippen LogP contribution in [0.3, 0.4) is 0 Å². The minimum Gasteiger partial charge on any atom is -0.378 e. The largest absolute Gasteiger partial charge is 0.378 e. The highest BCUT2D eigenvalue weighted by molar-refractivity contribution is 5.74. The second kappa shape index (κ2) is 9.99. The Labute approximate surface area is 211 Å². The van der Waals surface area contributed by atoms with Crippen LogP contribution in [0.15, 0.2) is 47.7 Å². The lowest BCUT2D eigenvalue weighted by molar-refractivity contribution is 0.101. The fourth-order valence-corrected chi connectivity index (χ4v) is 5.52. The topological polar surface area (TPSA) is 80.8 Å². The molecule has 3 aromatic heterocycles. The van der Waals surface area contributed by atoms with Crippen LogP contribution in [0.1, 0.15) is 50.9 Å². The predicted molar refractivity (Wildman–Crippen MR) is 141 cm³/mol. The van der Waals surface area contributed by atoms with Crippen LogP contribution in [0.5, 0.6) is 0 Å². The monoisotopic (exact) mass is 489 g/mol. The second-order valence-electron chi connectivity index (χ2n) is 9.68. The van der Waals surface area contributed by atoms with Crippen LogP contribution in [0.4, 0.5) is 5.69 Å². The molecule has 0 amide bonds. The molecule has 9 heteroatoms. The molecule has 0 bridgehead atoms. The average Bonchev–Trinajstić information content (AvgIpc) is 3.33. The van der Waals surface area contributed by atoms with Gasteiger partial charge >= 0.3 is 0 Å². The molecule has 5 rings (SSSR count). The maximum absolute atomic E-state index is 12.9. The zero-order valence-corrected chi connectivity index (χ0v) is 21.8. The first kappa shape index (κ1) is 24.4. The molecule has 0 N–H and O–H groups in total. The summed E-state index contributed by atoms with van der Waals surface area (Å²) in [5, 5.41) is 0. The van der Waals surface area contributed by atoms with Gasteiger partial charge in [-0.05, 0) is 37.5 Å². The van der Waals surface area contributed by atoms with Crippen molar-refractivity contribution in [3.05, 3.63) is 64.5 Å². The van der Waals surface area contributed by atoms with Gasteiger partial charge in [0.15, 0.2) is 5.65 Å². The summed E-state index contributed by atoms with van der Waals surface area (Å²) in [5.41, 5.74) is 5.55. The summed E-state index contributed by atoms with van der Waals surface area (Å²) in [6.07, 6.45) is 7.35. The average molecular weight is 490 g/mol. The zero-order valence-electron chi connectivity index (χ0n) is 21.8. The Morgan fingerprint density at radius 2 is 1.81 bits per heavy atom. The fraction of sp³-hybridized carbons (Fsp3) is 0.481. The lowest BCUT2D eigenvalue weighted by atomic mass is 9.96. The molecule has 2 unspecified atom stereocenters. The Balaban J connectivity index is 1.50. The molecule has 4 aromatic rings. The summed E-state index contributed by atoms with van der Waals surface area (Å²) in [6.45, 7) is 8.89. The van der Waals surface area contributed by atoms with Crippen molar-refractivity contribution in [3.8, 4) is 0 Å². The summed E-state index contributed by atoms with van der Waals surface area (Å²) in [7, 11) is 3.43. The number of piperazine rings is 1. The van der Waals surface area contributed by atoms with E-state index < -0.39 is 0 Å². The number of benzene rings is 1. The third kappa shape index (κ3) is 4.26. The van der Waals surface area contributed by atoms with Crippen molar-refractivity contribution in [1.29, 1.82) is 0 Å². The van der Waals surface area contributed by atoms with Gasteiger partial charge in [-0.25, -0.2) is 14.2 Å². The number of anilines is 1. The first-order valence-electron chi connectivity index (χ1n) is 12.7. The van der Waals surface area contributed by atoms with Gasteiger partial charge in [0.05, 0.1) is 35.2 Å². The number of methoxy groups -OCH3 is 1. The summed E-state index contributed by atoms with van der Waals surface area (Å²) in [6, 6.07) is 8.98. The van der Waals surface area contributed by atoms with E-state index in [1.807, 2.05) is 10.7 Å². The quantitative estimate of drug-likeness (QED) is 0.393. The summed E-state index contributed by atoms with van der Waals surface area (Å²) < 4.78 is 8.76. The van der Waals surface area contributed by atoms with Gasteiger partial charge in [0.25, 0.3) is 5.56 Å². The smallest absolute Gasteiger partial charge is 0.267 e. The maximum atomic E-state index is 12.9. The molecule has 4 heterocycles. The first-order valence-corrected chi connectivity index (χ1v) is 12.7. The highest BCUT2D eigenvalue weighted by Gasteiger charge is 2.36. The molecule has 1 aromatic carbocycles. The van der Waals surface area contributed by atoms with E-state index in [-0.39, 0.29) is 17.6 Å². The van der Waals surface area contributed by atoms with Gasteiger partial charge in [-0.1, -0.05) is 19.9 Å². The van der Waals surface area contributed by atoms with E-state index in [4.69, 9.17) is 9.72 Å². The molecule has 1 aliphatic heterocycles. The molecule has 1 fully saturated rings. The SMILES string of the molecule is CCC1CN(C(C)c2ccc3nccnc3c2)[C@H](CC)CN1c1cc(=O)n(C)n2cc(COC)nc12. The van der Waals surface area contributed by atoms with Gasteiger partial charge in [-0.2, -0.15) is 0 Å². The molecule has 3 atom stereocenters. The number of fused-ring (bicyclic) bond motifs is 2. The number of imidazole rings is 1. The second-order valence-corrected chi connectivity index (χ2v) is 9.68. The van der Waals surface area contributed by atoms with Crippen LogP contribution in [-0.4, -0.2) is 61.3 Å². The molecular weight excluding hydrogens is 454 g/mol. The minimum absolute atomic E-state index is 0.0464. The summed E-state index contributed by atoms with van der Waals surface area (Å²) in [4.78, 5) is 31.7. The number of aromatic nitrogens is 5. The van der Waals surface area contributed by atoms with Crippen molar-refractivity contribution in [1.82, 2.24) is 29.0 Å². The van der Waals surface area contributed by atoms with Gasteiger partial charge in [-0.3, -0.25) is 19.7 Å². The summed E-state index contributed by atoms with van der Waals surface area (Å²) >= 11 is 0. The molecule has 0 aliphatic carbocycles. The number of aryl methyl sites for hydroxylation is 1. The number of nitrogens with zero attached hydrogens (tertiary/aromatic N) is 7. The van der Waals surface area contributed by atoms with Gasteiger partial charge in [0.2, 0.25) is 0 Å². The van der Waals surface area contributed by atoms with Gasteiger partial charge < -0.3 is 9.64 Å². The van der Waals surface area contributed by atoms with Crippen LogP contribution >= 0.6 is 0 Å². The van der Waals surface area contributed by atoms with Crippen molar-refractivity contribution in [2.24, 2.45) is 7.05 Å². The molecule has 0 spiro atoms. The third-order valence-corrected chi connectivity index (χ3v) is 7.63. The van der Waals surface area contributed by atoms with Crippen LogP contribution in [0, 0.1) is 0 Å². The standard InChI is InChI=1S/C27H35N7O2/c1-6-21-16-33(25-13-26(35)31(4)34-14-20(17-36-5)30-27(25)34)22(7-2)15-32(21)18(3)19-8-9-23-24(12-19)29-11-10-28-23/h8-14,18,21-22H,6-7,15-17H2,1-5H3/t18?,21-,22?/m1/s1. The molecule has 0 saturated carbocycles. The molecule has 190 valence electrons. The Kier molecular flexibility index (Phi) is 6.77. The van der Waals surface area contributed by atoms with E-state index in [0.717, 1.165) is 54.0 Å². The highest BCUT2D eigenvalue weighted by Crippen LogP contribution is 2.34. The predicted octanol–water partition coefficient (Wildman–Crippen LogP) is 3.56. The molecule has 1 saturated heterocycles. The molecule has 9 nitrogen and oxygen atoms in total.